The van der Waals surface area contributed by atoms with E-state index >= 15 is 0 Å². The molecule has 0 radical (unpaired) electrons. The van der Waals surface area contributed by atoms with Gasteiger partial charge in [-0.1, -0.05) is 6.08 Å². The van der Waals surface area contributed by atoms with Crippen LogP contribution in [0.3, 0.4) is 0 Å². The van der Waals surface area contributed by atoms with E-state index in [-0.39, 0.29) is 18.2 Å². The van der Waals surface area contributed by atoms with Gasteiger partial charge < -0.3 is 23.3 Å². The van der Waals surface area contributed by atoms with Crippen molar-refractivity contribution < 1.29 is 32.8 Å². The second-order valence-electron chi connectivity index (χ2n) is 3.97. The van der Waals surface area contributed by atoms with Gasteiger partial charge >= 0.3 is 11.9 Å². The average Bonchev–Trinajstić information content (AvgIpc) is 2.84. The number of carbonyl (C=O) groups excluding carboxylic acids is 2. The number of esters is 2. The second kappa shape index (κ2) is 8.32. The summed E-state index contributed by atoms with van der Waals surface area (Å²) in [6.07, 6.45) is 3.21. The molecule has 0 saturated heterocycles. The molecule has 0 fully saturated rings. The minimum absolute atomic E-state index is 0.341. The minimum Gasteiger partial charge on any atom is -0.467 e. The fourth-order valence-corrected chi connectivity index (χ4v) is 2.82. The third-order valence-corrected chi connectivity index (χ3v) is 4.02. The molecule has 0 aliphatic heterocycles. The predicted molar refractivity (Wildman–Crippen MR) is 70.9 cm³/mol. The molecule has 0 bridgehead atoms. The Hall–Kier alpha value is -1.01. The van der Waals surface area contributed by atoms with Crippen LogP contribution in [0.15, 0.2) is 12.2 Å². The normalized spacial score (nSPS) is 22.9. The SMILES string of the molecule is COC(=O)C(O[C@@H]1C=C[C@H](OC(C)=O)C1)P(OC)OC. The van der Waals surface area contributed by atoms with Gasteiger partial charge in [0.15, 0.2) is 0 Å². The molecule has 114 valence electrons. The van der Waals surface area contributed by atoms with Crippen molar-refractivity contribution in [3.63, 3.8) is 0 Å². The summed E-state index contributed by atoms with van der Waals surface area (Å²) in [4.78, 5) is 22.6. The Balaban J connectivity index is 2.61. The maximum Gasteiger partial charge on any atom is 0.344 e. The van der Waals surface area contributed by atoms with Crippen LogP contribution in [0.25, 0.3) is 0 Å². The zero-order valence-electron chi connectivity index (χ0n) is 11.9. The van der Waals surface area contributed by atoms with E-state index in [2.05, 4.69) is 4.74 Å². The van der Waals surface area contributed by atoms with E-state index < -0.39 is 20.2 Å². The summed E-state index contributed by atoms with van der Waals surface area (Å²) >= 11 is 0. The van der Waals surface area contributed by atoms with Crippen LogP contribution in [-0.4, -0.2) is 51.3 Å². The number of carbonyl (C=O) groups is 2. The Bertz CT molecular complexity index is 367. The van der Waals surface area contributed by atoms with Crippen molar-refractivity contribution in [2.24, 2.45) is 0 Å². The van der Waals surface area contributed by atoms with Gasteiger partial charge in [-0.05, 0) is 6.08 Å². The van der Waals surface area contributed by atoms with Gasteiger partial charge in [0.05, 0.1) is 13.2 Å². The standard InChI is InChI=1S/C12H19O7P/c1-8(13)18-9-5-6-10(7-9)19-12(11(14)15-2)20(16-3)17-4/h5-6,9-10,12H,7H2,1-4H3/t9-,10+,12?/m0/s1. The zero-order valence-corrected chi connectivity index (χ0v) is 12.8. The van der Waals surface area contributed by atoms with Crippen LogP contribution in [0.5, 0.6) is 0 Å². The van der Waals surface area contributed by atoms with Gasteiger partial charge in [0.25, 0.3) is 0 Å². The molecule has 1 rings (SSSR count). The first-order valence-corrected chi connectivity index (χ1v) is 7.22. The van der Waals surface area contributed by atoms with Gasteiger partial charge in [0, 0.05) is 27.6 Å². The first-order valence-electron chi connectivity index (χ1n) is 5.98. The molecule has 7 nitrogen and oxygen atoms in total. The lowest BCUT2D eigenvalue weighted by Crippen LogP contribution is -2.29. The van der Waals surface area contributed by atoms with E-state index in [1.54, 1.807) is 12.2 Å². The Morgan fingerprint density at radius 3 is 2.25 bits per heavy atom. The number of hydrogen-bond donors (Lipinski definition) is 0. The van der Waals surface area contributed by atoms with Gasteiger partial charge in [-0.25, -0.2) is 4.79 Å². The highest BCUT2D eigenvalue weighted by atomic mass is 31.2. The molecular formula is C12H19O7P. The van der Waals surface area contributed by atoms with Crippen LogP contribution in [-0.2, 0) is 32.8 Å². The molecule has 0 heterocycles. The third-order valence-electron chi connectivity index (χ3n) is 2.58. The summed E-state index contributed by atoms with van der Waals surface area (Å²) in [5.41, 5.74) is 0. The molecule has 0 saturated carbocycles. The molecule has 1 aliphatic rings. The number of methoxy groups -OCH3 is 1. The molecular weight excluding hydrogens is 287 g/mol. The number of rotatable bonds is 7. The van der Waals surface area contributed by atoms with Crippen molar-refractivity contribution in [3.05, 3.63) is 12.2 Å². The van der Waals surface area contributed by atoms with Crippen LogP contribution in [0.1, 0.15) is 13.3 Å². The van der Waals surface area contributed by atoms with Crippen molar-refractivity contribution in [2.45, 2.75) is 31.4 Å². The van der Waals surface area contributed by atoms with E-state index in [9.17, 15) is 9.59 Å². The second-order valence-corrected chi connectivity index (χ2v) is 5.74. The van der Waals surface area contributed by atoms with Crippen LogP contribution in [0.2, 0.25) is 0 Å². The van der Waals surface area contributed by atoms with Gasteiger partial charge in [0.2, 0.25) is 14.2 Å². The molecule has 8 heteroatoms. The first-order chi connectivity index (χ1) is 9.51. The molecule has 0 spiro atoms. The fraction of sp³-hybridized carbons (Fsp3) is 0.667. The van der Waals surface area contributed by atoms with E-state index in [1.165, 1.54) is 28.3 Å². The lowest BCUT2D eigenvalue weighted by Gasteiger charge is -2.24. The molecule has 1 unspecified atom stereocenters. The summed E-state index contributed by atoms with van der Waals surface area (Å²) in [7, 11) is 2.58. The number of ether oxygens (including phenoxy) is 3. The van der Waals surface area contributed by atoms with Gasteiger partial charge in [-0.15, -0.1) is 0 Å². The average molecular weight is 306 g/mol. The fourth-order valence-electron chi connectivity index (χ4n) is 1.76. The monoisotopic (exact) mass is 306 g/mol. The summed E-state index contributed by atoms with van der Waals surface area (Å²) in [5, 5.41) is 0. The van der Waals surface area contributed by atoms with Crippen molar-refractivity contribution in [3.8, 4) is 0 Å². The summed E-state index contributed by atoms with van der Waals surface area (Å²) in [6, 6.07) is 0. The summed E-state index contributed by atoms with van der Waals surface area (Å²) in [6.45, 7) is 1.34. The topological polar surface area (TPSA) is 80.3 Å². The zero-order chi connectivity index (χ0) is 15.1. The lowest BCUT2D eigenvalue weighted by atomic mass is 10.3. The van der Waals surface area contributed by atoms with Crippen LogP contribution >= 0.6 is 8.38 Å². The van der Waals surface area contributed by atoms with Gasteiger partial charge in [0.1, 0.15) is 6.10 Å². The highest BCUT2D eigenvalue weighted by Gasteiger charge is 2.35. The molecule has 3 atom stereocenters. The predicted octanol–water partition coefficient (Wildman–Crippen LogP) is 1.37. The minimum atomic E-state index is -1.55. The number of hydrogen-bond acceptors (Lipinski definition) is 7. The Morgan fingerprint density at radius 2 is 1.75 bits per heavy atom. The quantitative estimate of drug-likeness (QED) is 0.399. The lowest BCUT2D eigenvalue weighted by molar-refractivity contribution is -0.152. The Kier molecular flexibility index (Phi) is 7.09. The molecule has 20 heavy (non-hydrogen) atoms. The van der Waals surface area contributed by atoms with Crippen LogP contribution in [0, 0.1) is 0 Å². The molecule has 1 aliphatic carbocycles. The highest BCUT2D eigenvalue weighted by molar-refractivity contribution is 7.49. The molecule has 0 aromatic rings. The highest BCUT2D eigenvalue weighted by Crippen LogP contribution is 2.44. The van der Waals surface area contributed by atoms with E-state index in [0.29, 0.717) is 6.42 Å². The third kappa shape index (κ3) is 4.83. The molecule has 0 aromatic heterocycles. The smallest absolute Gasteiger partial charge is 0.344 e. The molecule has 0 aromatic carbocycles. The van der Waals surface area contributed by atoms with Crippen molar-refractivity contribution in [1.82, 2.24) is 0 Å². The summed E-state index contributed by atoms with van der Waals surface area (Å²) < 4.78 is 25.6. The van der Waals surface area contributed by atoms with E-state index in [0.717, 1.165) is 0 Å². The first kappa shape index (κ1) is 17.0. The van der Waals surface area contributed by atoms with Crippen LogP contribution in [0.4, 0.5) is 0 Å². The molecule has 0 N–H and O–H groups in total. The Morgan fingerprint density at radius 1 is 1.15 bits per heavy atom. The molecule has 0 amide bonds. The van der Waals surface area contributed by atoms with E-state index in [1.807, 2.05) is 0 Å². The largest absolute Gasteiger partial charge is 0.467 e. The summed E-state index contributed by atoms with van der Waals surface area (Å²) in [5.74, 6) is -1.87. The maximum atomic E-state index is 11.7. The van der Waals surface area contributed by atoms with Crippen molar-refractivity contribution in [2.75, 3.05) is 21.3 Å². The van der Waals surface area contributed by atoms with Gasteiger partial charge in [-0.2, -0.15) is 0 Å². The van der Waals surface area contributed by atoms with Crippen molar-refractivity contribution in [1.29, 1.82) is 0 Å². The van der Waals surface area contributed by atoms with Crippen LogP contribution < -0.4 is 0 Å². The van der Waals surface area contributed by atoms with Crippen molar-refractivity contribution >= 4 is 20.3 Å². The maximum absolute atomic E-state index is 11.7. The van der Waals surface area contributed by atoms with E-state index in [4.69, 9.17) is 18.5 Å². The van der Waals surface area contributed by atoms with Gasteiger partial charge in [-0.3, -0.25) is 4.79 Å². The Labute approximate surface area is 119 Å².